The Balaban J connectivity index is 1.71. The second-order valence-corrected chi connectivity index (χ2v) is 10.1. The fourth-order valence-corrected chi connectivity index (χ4v) is 4.45. The van der Waals surface area contributed by atoms with E-state index in [-0.39, 0.29) is 24.8 Å². The van der Waals surface area contributed by atoms with Gasteiger partial charge < -0.3 is 26.4 Å². The number of amides is 1. The van der Waals surface area contributed by atoms with Gasteiger partial charge in [-0.25, -0.2) is 0 Å². The number of nitrogens with zero attached hydrogens (tertiary/aromatic N) is 2. The molecule has 5 N–H and O–H groups in total. The summed E-state index contributed by atoms with van der Waals surface area (Å²) >= 11 is 6.07. The van der Waals surface area contributed by atoms with Gasteiger partial charge in [0, 0.05) is 29.9 Å². The smallest absolute Gasteiger partial charge is 0.432 e. The summed E-state index contributed by atoms with van der Waals surface area (Å²) in [6.07, 6.45) is 2.09. The summed E-state index contributed by atoms with van der Waals surface area (Å²) in [7, 11) is 0. The second kappa shape index (κ2) is 14.8. The zero-order valence-electron chi connectivity index (χ0n) is 22.8. The first kappa shape index (κ1) is 31.9. The highest BCUT2D eigenvalue weighted by Crippen LogP contribution is 2.33. The number of hydrogen-bond donors (Lipinski definition) is 5. The van der Waals surface area contributed by atoms with Crippen LogP contribution in [-0.2, 0) is 9.59 Å². The van der Waals surface area contributed by atoms with Crippen molar-refractivity contribution < 1.29 is 27.9 Å². The molecule has 0 fully saturated rings. The molecule has 1 aromatic rings. The molecule has 2 aliphatic rings. The van der Waals surface area contributed by atoms with Gasteiger partial charge in [0.1, 0.15) is 0 Å². The van der Waals surface area contributed by atoms with E-state index in [4.69, 9.17) is 16.7 Å². The average Bonchev–Trinajstić information content (AvgIpc) is 2.91. The third-order valence-corrected chi connectivity index (χ3v) is 6.73. The molecule has 0 saturated heterocycles. The summed E-state index contributed by atoms with van der Waals surface area (Å²) in [6.45, 7) is 3.40. The lowest BCUT2D eigenvalue weighted by atomic mass is 9.85. The van der Waals surface area contributed by atoms with Crippen LogP contribution in [0.1, 0.15) is 45.1 Å². The third kappa shape index (κ3) is 9.46. The van der Waals surface area contributed by atoms with Crippen LogP contribution in [-0.4, -0.2) is 54.7 Å². The van der Waals surface area contributed by atoms with E-state index < -0.39 is 30.3 Å². The van der Waals surface area contributed by atoms with Crippen molar-refractivity contribution in [1.82, 2.24) is 21.3 Å². The zero-order valence-corrected chi connectivity index (χ0v) is 23.6. The van der Waals surface area contributed by atoms with Gasteiger partial charge >= 0.3 is 12.1 Å². The minimum Gasteiger partial charge on any atom is -0.481 e. The number of nitrogens with one attached hydrogen (secondary N) is 4. The van der Waals surface area contributed by atoms with Gasteiger partial charge in [0.15, 0.2) is 5.71 Å². The zero-order chi connectivity index (χ0) is 30.0. The number of carbonyl (C=O) groups excluding carboxylic acids is 1. The topological polar surface area (TPSA) is 127 Å². The summed E-state index contributed by atoms with van der Waals surface area (Å²) in [4.78, 5) is 23.9. The van der Waals surface area contributed by atoms with Gasteiger partial charge in [0.25, 0.3) is 0 Å². The normalized spacial score (nSPS) is 19.2. The Bertz CT molecular complexity index is 1260. The molecular weight excluding hydrogens is 561 g/mol. The third-order valence-electron chi connectivity index (χ3n) is 6.48. The van der Waals surface area contributed by atoms with E-state index in [9.17, 15) is 22.8 Å². The number of carboxylic acids is 1. The maximum atomic E-state index is 13.0. The maximum Gasteiger partial charge on any atom is 0.432 e. The van der Waals surface area contributed by atoms with Gasteiger partial charge in [0.05, 0.1) is 29.6 Å². The van der Waals surface area contributed by atoms with Crippen LogP contribution >= 0.6 is 11.6 Å². The molecule has 0 bridgehead atoms. The van der Waals surface area contributed by atoms with E-state index in [2.05, 4.69) is 31.5 Å². The number of alkyl halides is 3. The number of halogens is 4. The highest BCUT2D eigenvalue weighted by Gasteiger charge is 2.35. The van der Waals surface area contributed by atoms with Crippen LogP contribution in [0.4, 0.5) is 13.2 Å². The number of rotatable bonds is 13. The second-order valence-electron chi connectivity index (χ2n) is 9.62. The van der Waals surface area contributed by atoms with E-state index in [0.29, 0.717) is 36.5 Å². The van der Waals surface area contributed by atoms with E-state index in [1.54, 1.807) is 19.1 Å². The molecule has 0 aromatic heterocycles. The standard InChI is InChI=1S/C28H34ClF3N6O3/c1-3-33-16-24(28(30,31)32)38-35-13-12-34-27(41)20-15-23-22(14-17(20)2)37-26(18-8-10-19(29)11-9-18)21(36-23)6-4-5-7-25(39)40/h8-11,13-15,17,20,33,36-37H,3-7,12,16H2,1-2H3,(H,34,41)(H,39,40)/b35-13+,38-24+. The van der Waals surface area contributed by atoms with Crippen molar-refractivity contribution in [2.45, 2.75) is 45.7 Å². The molecule has 1 heterocycles. The Morgan fingerprint density at radius 1 is 1.12 bits per heavy atom. The molecule has 1 aliphatic carbocycles. The summed E-state index contributed by atoms with van der Waals surface area (Å²) in [5, 5.41) is 28.5. The first-order valence-corrected chi connectivity index (χ1v) is 13.7. The molecular formula is C28H34ClF3N6O3. The molecule has 0 spiro atoms. The summed E-state index contributed by atoms with van der Waals surface area (Å²) in [5.74, 6) is -1.87. The summed E-state index contributed by atoms with van der Waals surface area (Å²) < 4.78 is 39.0. The number of hydrogen-bond acceptors (Lipinski definition) is 7. The van der Waals surface area contributed by atoms with Gasteiger partial charge in [-0.1, -0.05) is 43.7 Å². The van der Waals surface area contributed by atoms with E-state index in [0.717, 1.165) is 28.9 Å². The van der Waals surface area contributed by atoms with Crippen molar-refractivity contribution >= 4 is 41.1 Å². The first-order chi connectivity index (χ1) is 19.5. The first-order valence-electron chi connectivity index (χ1n) is 13.3. The summed E-state index contributed by atoms with van der Waals surface area (Å²) in [5.41, 5.74) is 3.08. The molecule has 2 atom stereocenters. The lowest BCUT2D eigenvalue weighted by Crippen LogP contribution is -2.39. The van der Waals surface area contributed by atoms with Crippen molar-refractivity contribution in [2.75, 3.05) is 19.6 Å². The molecule has 0 saturated carbocycles. The van der Waals surface area contributed by atoms with Crippen LogP contribution in [0.15, 0.2) is 63.7 Å². The Morgan fingerprint density at radius 3 is 2.49 bits per heavy atom. The average molecular weight is 595 g/mol. The van der Waals surface area contributed by atoms with Crippen LogP contribution < -0.4 is 21.3 Å². The molecule has 222 valence electrons. The van der Waals surface area contributed by atoms with Crippen LogP contribution in [0.25, 0.3) is 5.70 Å². The minimum absolute atomic E-state index is 0.0758. The Kier molecular flexibility index (Phi) is 11.5. The number of allylic oxidation sites excluding steroid dienone is 2. The number of fused-ring (bicyclic) bond motifs is 1. The molecule has 1 amide bonds. The van der Waals surface area contributed by atoms with Gasteiger partial charge in [-0.2, -0.15) is 18.3 Å². The van der Waals surface area contributed by atoms with Gasteiger partial charge in [-0.3, -0.25) is 9.59 Å². The predicted molar refractivity (Wildman–Crippen MR) is 153 cm³/mol. The van der Waals surface area contributed by atoms with Gasteiger partial charge in [-0.05, 0) is 55.5 Å². The van der Waals surface area contributed by atoms with Crippen molar-refractivity contribution in [3.63, 3.8) is 0 Å². The molecule has 1 aliphatic heterocycles. The molecule has 1 aromatic carbocycles. The van der Waals surface area contributed by atoms with Crippen LogP contribution in [0.3, 0.4) is 0 Å². The number of unbranched alkanes of at least 4 members (excludes halogenated alkanes) is 1. The lowest BCUT2D eigenvalue weighted by Gasteiger charge is -2.34. The highest BCUT2D eigenvalue weighted by molar-refractivity contribution is 6.30. The molecule has 0 radical (unpaired) electrons. The maximum absolute atomic E-state index is 13.0. The number of benzene rings is 1. The van der Waals surface area contributed by atoms with E-state index in [1.807, 2.05) is 31.2 Å². The Hall–Kier alpha value is -3.64. The fourth-order valence-electron chi connectivity index (χ4n) is 4.32. The minimum atomic E-state index is -4.60. The number of carbonyl (C=O) groups is 2. The molecule has 2 unspecified atom stereocenters. The van der Waals surface area contributed by atoms with Crippen molar-refractivity contribution in [3.05, 3.63) is 64.1 Å². The quantitative estimate of drug-likeness (QED) is 0.129. The Labute approximate surface area is 241 Å². The van der Waals surface area contributed by atoms with Gasteiger partial charge in [0.2, 0.25) is 5.91 Å². The van der Waals surface area contributed by atoms with Crippen molar-refractivity contribution in [3.8, 4) is 0 Å². The van der Waals surface area contributed by atoms with Crippen molar-refractivity contribution in [2.24, 2.45) is 22.0 Å². The van der Waals surface area contributed by atoms with Crippen LogP contribution in [0.5, 0.6) is 0 Å². The monoisotopic (exact) mass is 594 g/mol. The molecule has 3 rings (SSSR count). The molecule has 41 heavy (non-hydrogen) atoms. The largest absolute Gasteiger partial charge is 0.481 e. The Morgan fingerprint density at radius 2 is 1.83 bits per heavy atom. The summed E-state index contributed by atoms with van der Waals surface area (Å²) in [6, 6.07) is 7.37. The van der Waals surface area contributed by atoms with Gasteiger partial charge in [-0.15, -0.1) is 5.10 Å². The number of carboxylic acid groups (broad SMARTS) is 1. The molecule has 9 nitrogen and oxygen atoms in total. The van der Waals surface area contributed by atoms with Crippen molar-refractivity contribution in [1.29, 1.82) is 0 Å². The molecule has 13 heteroatoms. The number of aliphatic carboxylic acids is 1. The predicted octanol–water partition coefficient (Wildman–Crippen LogP) is 4.59. The lowest BCUT2D eigenvalue weighted by molar-refractivity contribution is -0.137. The fraction of sp³-hybridized carbons (Fsp3) is 0.429. The van der Waals surface area contributed by atoms with E-state index >= 15 is 0 Å². The highest BCUT2D eigenvalue weighted by atomic mass is 35.5. The van der Waals surface area contributed by atoms with E-state index in [1.165, 1.54) is 0 Å². The SMILES string of the molecule is CCNC/C(=N\N=C\CNC(=O)C1C=C2NC(CCCCC(=O)O)=C(c3ccc(Cl)cc3)NC2=CC1C)C(F)(F)F. The van der Waals surface area contributed by atoms with Crippen LogP contribution in [0, 0.1) is 11.8 Å². The van der Waals surface area contributed by atoms with Crippen LogP contribution in [0.2, 0.25) is 5.02 Å².